The van der Waals surface area contributed by atoms with Crippen LogP contribution in [-0.4, -0.2) is 47.9 Å². The largest absolute Gasteiger partial charge is 0.345 e. The summed E-state index contributed by atoms with van der Waals surface area (Å²) < 4.78 is 0. The average Bonchev–Trinajstić information content (AvgIpc) is 2.90. The van der Waals surface area contributed by atoms with Crippen LogP contribution in [0.4, 0.5) is 5.13 Å². The number of amides is 1. The lowest BCUT2D eigenvalue weighted by Gasteiger charge is -2.34. The molecule has 1 aliphatic rings. The number of carbonyl (C=O) groups excluding carboxylic acids is 1. The minimum absolute atomic E-state index is 0.226. The summed E-state index contributed by atoms with van der Waals surface area (Å²) in [5.41, 5.74) is 0. The van der Waals surface area contributed by atoms with E-state index in [9.17, 15) is 4.79 Å². The van der Waals surface area contributed by atoms with Crippen LogP contribution in [0.25, 0.3) is 0 Å². The molecule has 1 fully saturated rings. The first-order valence-electron chi connectivity index (χ1n) is 5.79. The van der Waals surface area contributed by atoms with Crippen molar-refractivity contribution in [2.24, 2.45) is 0 Å². The summed E-state index contributed by atoms with van der Waals surface area (Å²) in [6.07, 6.45) is 3.16. The molecule has 0 aliphatic carbocycles. The molecule has 1 aliphatic heterocycles. The Morgan fingerprint density at radius 1 is 1.41 bits per heavy atom. The molecule has 0 unspecified atom stereocenters. The zero-order valence-electron chi connectivity index (χ0n) is 9.64. The molecule has 0 saturated carbocycles. The summed E-state index contributed by atoms with van der Waals surface area (Å²) in [5.74, 6) is 0.787. The molecule has 0 N–H and O–H groups in total. The number of halogens is 1. The van der Waals surface area contributed by atoms with E-state index in [1.165, 1.54) is 0 Å². The number of hydrogen-bond donors (Lipinski definition) is 0. The highest BCUT2D eigenvalue weighted by Gasteiger charge is 2.21. The fourth-order valence-corrected chi connectivity index (χ4v) is 2.73. The Balaban J connectivity index is 1.80. The molecule has 4 nitrogen and oxygen atoms in total. The minimum atomic E-state index is 0.226. The van der Waals surface area contributed by atoms with Crippen molar-refractivity contribution in [2.45, 2.75) is 12.8 Å². The van der Waals surface area contributed by atoms with Gasteiger partial charge in [-0.05, 0) is 6.42 Å². The molecular formula is C11H16ClN3OS. The lowest BCUT2D eigenvalue weighted by atomic mass is 10.2. The summed E-state index contributed by atoms with van der Waals surface area (Å²) in [6, 6.07) is 0. The topological polar surface area (TPSA) is 36.4 Å². The molecule has 0 atom stereocenters. The number of piperazine rings is 1. The maximum atomic E-state index is 11.8. The molecule has 0 aromatic carbocycles. The van der Waals surface area contributed by atoms with Gasteiger partial charge in [-0.1, -0.05) is 0 Å². The van der Waals surface area contributed by atoms with Crippen LogP contribution in [0.15, 0.2) is 11.6 Å². The van der Waals surface area contributed by atoms with Gasteiger partial charge < -0.3 is 9.80 Å². The van der Waals surface area contributed by atoms with Gasteiger partial charge >= 0.3 is 0 Å². The second kappa shape index (κ2) is 6.21. The smallest absolute Gasteiger partial charge is 0.222 e. The van der Waals surface area contributed by atoms with Crippen LogP contribution in [-0.2, 0) is 4.79 Å². The van der Waals surface area contributed by atoms with Crippen LogP contribution >= 0.6 is 22.9 Å². The molecule has 2 heterocycles. The van der Waals surface area contributed by atoms with Gasteiger partial charge in [0.2, 0.25) is 5.91 Å². The van der Waals surface area contributed by atoms with E-state index in [-0.39, 0.29) is 5.91 Å². The zero-order chi connectivity index (χ0) is 12.1. The first-order chi connectivity index (χ1) is 8.31. The fourth-order valence-electron chi connectivity index (χ4n) is 1.90. The Kier molecular flexibility index (Phi) is 4.62. The number of aromatic nitrogens is 1. The number of rotatable bonds is 4. The predicted octanol–water partition coefficient (Wildman–Crippen LogP) is 1.81. The molecule has 94 valence electrons. The van der Waals surface area contributed by atoms with E-state index < -0.39 is 0 Å². The third kappa shape index (κ3) is 3.33. The zero-order valence-corrected chi connectivity index (χ0v) is 11.2. The molecule has 1 aromatic rings. The van der Waals surface area contributed by atoms with Gasteiger partial charge in [0.05, 0.1) is 0 Å². The van der Waals surface area contributed by atoms with Crippen LogP contribution in [0, 0.1) is 0 Å². The highest BCUT2D eigenvalue weighted by atomic mass is 35.5. The second-order valence-electron chi connectivity index (χ2n) is 3.98. The van der Waals surface area contributed by atoms with Crippen LogP contribution in [0.1, 0.15) is 12.8 Å². The van der Waals surface area contributed by atoms with E-state index in [1.807, 2.05) is 16.5 Å². The average molecular weight is 274 g/mol. The predicted molar refractivity (Wildman–Crippen MR) is 70.9 cm³/mol. The number of nitrogens with zero attached hydrogens (tertiary/aromatic N) is 3. The van der Waals surface area contributed by atoms with Gasteiger partial charge in [0.25, 0.3) is 0 Å². The van der Waals surface area contributed by atoms with Crippen LogP contribution in [0.2, 0.25) is 0 Å². The Hall–Kier alpha value is -0.810. The quantitative estimate of drug-likeness (QED) is 0.785. The molecule has 0 bridgehead atoms. The van der Waals surface area contributed by atoms with Gasteiger partial charge in [0.15, 0.2) is 5.13 Å². The van der Waals surface area contributed by atoms with Gasteiger partial charge in [-0.3, -0.25) is 4.79 Å². The SMILES string of the molecule is O=C(CCCCl)N1CCN(c2nccs2)CC1. The molecule has 0 spiro atoms. The van der Waals surface area contributed by atoms with Gasteiger partial charge in [-0.15, -0.1) is 22.9 Å². The Bertz CT molecular complexity index is 350. The third-order valence-electron chi connectivity index (χ3n) is 2.85. The van der Waals surface area contributed by atoms with Crippen LogP contribution < -0.4 is 4.90 Å². The summed E-state index contributed by atoms with van der Waals surface area (Å²) in [6.45, 7) is 3.33. The Morgan fingerprint density at radius 2 is 2.18 bits per heavy atom. The van der Waals surface area contributed by atoms with E-state index in [0.29, 0.717) is 12.3 Å². The third-order valence-corrected chi connectivity index (χ3v) is 3.95. The number of carbonyl (C=O) groups is 1. The highest BCUT2D eigenvalue weighted by molar-refractivity contribution is 7.13. The first kappa shape index (κ1) is 12.6. The molecule has 17 heavy (non-hydrogen) atoms. The molecule has 1 amide bonds. The number of hydrogen-bond acceptors (Lipinski definition) is 4. The van der Waals surface area contributed by atoms with Gasteiger partial charge in [-0.2, -0.15) is 0 Å². The van der Waals surface area contributed by atoms with E-state index >= 15 is 0 Å². The maximum Gasteiger partial charge on any atom is 0.222 e. The van der Waals surface area contributed by atoms with Crippen LogP contribution in [0.5, 0.6) is 0 Å². The molecule has 1 aromatic heterocycles. The number of anilines is 1. The lowest BCUT2D eigenvalue weighted by Crippen LogP contribution is -2.48. The summed E-state index contributed by atoms with van der Waals surface area (Å²) in [5, 5.41) is 3.03. The fraction of sp³-hybridized carbons (Fsp3) is 0.636. The van der Waals surface area contributed by atoms with Gasteiger partial charge in [0.1, 0.15) is 0 Å². The summed E-state index contributed by atoms with van der Waals surface area (Å²) in [7, 11) is 0. The van der Waals surface area contributed by atoms with Crippen molar-refractivity contribution >= 4 is 34.0 Å². The minimum Gasteiger partial charge on any atom is -0.345 e. The number of alkyl halides is 1. The highest BCUT2D eigenvalue weighted by Crippen LogP contribution is 2.19. The van der Waals surface area contributed by atoms with E-state index in [4.69, 9.17) is 11.6 Å². The van der Waals surface area contributed by atoms with Crippen molar-refractivity contribution in [1.82, 2.24) is 9.88 Å². The Labute approximate surface area is 110 Å². The lowest BCUT2D eigenvalue weighted by molar-refractivity contribution is -0.131. The number of thiazole rings is 1. The monoisotopic (exact) mass is 273 g/mol. The van der Waals surface area contributed by atoms with E-state index in [1.54, 1.807) is 11.3 Å². The maximum absolute atomic E-state index is 11.8. The molecule has 0 radical (unpaired) electrons. The van der Waals surface area contributed by atoms with Crippen LogP contribution in [0.3, 0.4) is 0 Å². The first-order valence-corrected chi connectivity index (χ1v) is 7.21. The molecule has 1 saturated heterocycles. The van der Waals surface area contributed by atoms with Crippen molar-refractivity contribution in [3.63, 3.8) is 0 Å². The normalized spacial score (nSPS) is 16.3. The van der Waals surface area contributed by atoms with Gasteiger partial charge in [-0.25, -0.2) is 4.98 Å². The van der Waals surface area contributed by atoms with Crippen molar-refractivity contribution in [3.05, 3.63) is 11.6 Å². The van der Waals surface area contributed by atoms with Crippen molar-refractivity contribution in [1.29, 1.82) is 0 Å². The van der Waals surface area contributed by atoms with E-state index in [2.05, 4.69) is 9.88 Å². The van der Waals surface area contributed by atoms with E-state index in [0.717, 1.165) is 37.7 Å². The second-order valence-corrected chi connectivity index (χ2v) is 5.23. The van der Waals surface area contributed by atoms with Crippen molar-refractivity contribution in [3.8, 4) is 0 Å². The standard InChI is InChI=1S/C11H16ClN3OS/c12-3-1-2-10(16)14-5-7-15(8-6-14)11-13-4-9-17-11/h4,9H,1-3,5-8H2. The summed E-state index contributed by atoms with van der Waals surface area (Å²) >= 11 is 7.24. The van der Waals surface area contributed by atoms with Crippen molar-refractivity contribution < 1.29 is 4.79 Å². The van der Waals surface area contributed by atoms with Gasteiger partial charge in [0, 0.05) is 50.1 Å². The summed E-state index contributed by atoms with van der Waals surface area (Å²) in [4.78, 5) is 20.2. The van der Waals surface area contributed by atoms with Crippen molar-refractivity contribution in [2.75, 3.05) is 37.0 Å². The molecule has 2 rings (SSSR count). The Morgan fingerprint density at radius 3 is 2.76 bits per heavy atom. The molecule has 6 heteroatoms. The molecular weight excluding hydrogens is 258 g/mol.